The van der Waals surface area contributed by atoms with Gasteiger partial charge in [-0.25, -0.2) is 4.98 Å². The fourth-order valence-electron chi connectivity index (χ4n) is 2.24. The monoisotopic (exact) mass is 345 g/mol. The average Bonchev–Trinajstić information content (AvgIpc) is 3.23. The van der Waals surface area contributed by atoms with Gasteiger partial charge >= 0.3 is 0 Å². The molecule has 118 valence electrons. The fraction of sp³-hybridized carbons (Fsp3) is 0.333. The number of aromatic nitrogens is 5. The van der Waals surface area contributed by atoms with E-state index >= 15 is 0 Å². The minimum absolute atomic E-state index is 0.579. The van der Waals surface area contributed by atoms with Crippen molar-refractivity contribution in [2.45, 2.75) is 28.3 Å². The van der Waals surface area contributed by atoms with Crippen LogP contribution >= 0.6 is 23.3 Å². The summed E-state index contributed by atoms with van der Waals surface area (Å²) in [6.45, 7) is 0. The van der Waals surface area contributed by atoms with Crippen LogP contribution in [0.15, 0.2) is 33.8 Å². The Bertz CT molecular complexity index is 823. The molecule has 2 aromatic heterocycles. The van der Waals surface area contributed by atoms with Crippen LogP contribution in [0.25, 0.3) is 11.4 Å². The molecule has 1 aliphatic carbocycles. The van der Waals surface area contributed by atoms with Gasteiger partial charge in [0.1, 0.15) is 11.6 Å². The molecule has 1 saturated carbocycles. The molecule has 1 aromatic carbocycles. The number of methoxy groups -OCH3 is 1. The van der Waals surface area contributed by atoms with Gasteiger partial charge in [0, 0.05) is 18.5 Å². The summed E-state index contributed by atoms with van der Waals surface area (Å²) < 4.78 is 12.5. The second-order valence-corrected chi connectivity index (χ2v) is 7.35. The Hall–Kier alpha value is -1.93. The summed E-state index contributed by atoms with van der Waals surface area (Å²) >= 11 is 2.95. The van der Waals surface area contributed by atoms with Gasteiger partial charge in [-0.2, -0.15) is 4.37 Å². The van der Waals surface area contributed by atoms with E-state index < -0.39 is 0 Å². The van der Waals surface area contributed by atoms with Crippen molar-refractivity contribution in [3.8, 4) is 17.1 Å². The van der Waals surface area contributed by atoms with Gasteiger partial charge in [-0.15, -0.1) is 10.2 Å². The molecule has 8 heteroatoms. The third-order valence-corrected chi connectivity index (χ3v) is 5.53. The molecule has 6 nitrogen and oxygen atoms in total. The van der Waals surface area contributed by atoms with Crippen molar-refractivity contribution in [2.24, 2.45) is 7.05 Å². The number of rotatable bonds is 5. The maximum atomic E-state index is 5.19. The van der Waals surface area contributed by atoms with E-state index in [0.29, 0.717) is 5.92 Å². The molecule has 0 saturated heterocycles. The first-order valence-corrected chi connectivity index (χ1v) is 8.89. The lowest BCUT2D eigenvalue weighted by Gasteiger charge is -2.04. The standard InChI is InChI=1S/C15H15N5OS2/c1-20-13(10-5-7-11(21-2)8-6-10)17-18-14(20)22-15-16-12(19-23-15)9-3-4-9/h5-9H,3-4H2,1-2H3. The lowest BCUT2D eigenvalue weighted by atomic mass is 10.2. The lowest BCUT2D eigenvalue weighted by Crippen LogP contribution is -1.94. The lowest BCUT2D eigenvalue weighted by molar-refractivity contribution is 0.415. The number of hydrogen-bond acceptors (Lipinski definition) is 7. The first kappa shape index (κ1) is 14.6. The molecule has 1 aliphatic rings. The van der Waals surface area contributed by atoms with Crippen LogP contribution in [0.5, 0.6) is 5.75 Å². The highest BCUT2D eigenvalue weighted by Crippen LogP contribution is 2.40. The summed E-state index contributed by atoms with van der Waals surface area (Å²) in [7, 11) is 3.62. The van der Waals surface area contributed by atoms with E-state index in [9.17, 15) is 0 Å². The van der Waals surface area contributed by atoms with Crippen LogP contribution in [-0.2, 0) is 7.05 Å². The van der Waals surface area contributed by atoms with Gasteiger partial charge in [-0.1, -0.05) is 0 Å². The highest BCUT2D eigenvalue weighted by atomic mass is 32.2. The largest absolute Gasteiger partial charge is 0.497 e. The van der Waals surface area contributed by atoms with Crippen molar-refractivity contribution in [3.05, 3.63) is 30.1 Å². The van der Waals surface area contributed by atoms with Gasteiger partial charge in [0.25, 0.3) is 0 Å². The normalized spacial score (nSPS) is 14.2. The molecule has 23 heavy (non-hydrogen) atoms. The van der Waals surface area contributed by atoms with Gasteiger partial charge in [-0.05, 0) is 60.4 Å². The molecular weight excluding hydrogens is 330 g/mol. The third-order valence-electron chi connectivity index (χ3n) is 3.73. The summed E-state index contributed by atoms with van der Waals surface area (Å²) in [6, 6.07) is 7.80. The second kappa shape index (κ2) is 5.93. The Kier molecular flexibility index (Phi) is 3.78. The van der Waals surface area contributed by atoms with E-state index in [4.69, 9.17) is 4.74 Å². The van der Waals surface area contributed by atoms with Crippen LogP contribution in [0.4, 0.5) is 0 Å². The summed E-state index contributed by atoms with van der Waals surface area (Å²) in [5.41, 5.74) is 1.00. The molecule has 4 rings (SSSR count). The first-order valence-electron chi connectivity index (χ1n) is 7.30. The Morgan fingerprint density at radius 2 is 2.00 bits per heavy atom. The molecule has 0 bridgehead atoms. The quantitative estimate of drug-likeness (QED) is 0.706. The average molecular weight is 345 g/mol. The van der Waals surface area contributed by atoms with Gasteiger partial charge in [-0.3, -0.25) is 0 Å². The van der Waals surface area contributed by atoms with Crippen LogP contribution < -0.4 is 4.74 Å². The second-order valence-electron chi connectivity index (χ2n) is 5.39. The Labute approximate surface area is 142 Å². The minimum atomic E-state index is 0.579. The summed E-state index contributed by atoms with van der Waals surface area (Å²) in [6.07, 6.45) is 2.43. The van der Waals surface area contributed by atoms with Crippen molar-refractivity contribution >= 4 is 23.3 Å². The fourth-order valence-corrected chi connectivity index (χ4v) is 3.82. The smallest absolute Gasteiger partial charge is 0.198 e. The molecule has 2 heterocycles. The van der Waals surface area contributed by atoms with Crippen LogP contribution in [0, 0.1) is 0 Å². The van der Waals surface area contributed by atoms with E-state index in [1.54, 1.807) is 7.11 Å². The highest BCUT2D eigenvalue weighted by Gasteiger charge is 2.28. The molecule has 3 aromatic rings. The third kappa shape index (κ3) is 2.96. The Morgan fingerprint density at radius 3 is 2.70 bits per heavy atom. The van der Waals surface area contributed by atoms with Gasteiger partial charge in [0.15, 0.2) is 15.3 Å². The molecule has 0 spiro atoms. The van der Waals surface area contributed by atoms with Crippen LogP contribution in [0.2, 0.25) is 0 Å². The van der Waals surface area contributed by atoms with Crippen LogP contribution in [0.1, 0.15) is 24.6 Å². The molecule has 0 atom stereocenters. The number of ether oxygens (including phenoxy) is 1. The number of benzene rings is 1. The van der Waals surface area contributed by atoms with Crippen LogP contribution in [-0.4, -0.2) is 31.2 Å². The summed E-state index contributed by atoms with van der Waals surface area (Å²) in [4.78, 5) is 4.59. The maximum absolute atomic E-state index is 5.19. The van der Waals surface area contributed by atoms with E-state index in [0.717, 1.165) is 32.5 Å². The molecule has 1 fully saturated rings. The first-order chi connectivity index (χ1) is 11.2. The maximum Gasteiger partial charge on any atom is 0.198 e. The van der Waals surface area contributed by atoms with Crippen molar-refractivity contribution in [2.75, 3.05) is 7.11 Å². The number of hydrogen-bond donors (Lipinski definition) is 0. The molecular formula is C15H15N5OS2. The van der Waals surface area contributed by atoms with Gasteiger partial charge in [0.05, 0.1) is 7.11 Å². The predicted molar refractivity (Wildman–Crippen MR) is 89.0 cm³/mol. The minimum Gasteiger partial charge on any atom is -0.497 e. The van der Waals surface area contributed by atoms with Crippen LogP contribution in [0.3, 0.4) is 0 Å². The van der Waals surface area contributed by atoms with Gasteiger partial charge < -0.3 is 9.30 Å². The Balaban J connectivity index is 1.56. The number of nitrogens with zero attached hydrogens (tertiary/aromatic N) is 5. The van der Waals surface area contributed by atoms with E-state index in [1.165, 1.54) is 36.1 Å². The summed E-state index contributed by atoms with van der Waals surface area (Å²) in [5.74, 6) is 3.21. The molecule has 0 N–H and O–H groups in total. The molecule has 0 amide bonds. The predicted octanol–water partition coefficient (Wildman–Crippen LogP) is 3.37. The molecule has 0 aliphatic heterocycles. The van der Waals surface area contributed by atoms with Crippen molar-refractivity contribution in [1.82, 2.24) is 24.1 Å². The molecule has 0 radical (unpaired) electrons. The van der Waals surface area contributed by atoms with E-state index in [-0.39, 0.29) is 0 Å². The zero-order chi connectivity index (χ0) is 15.8. The van der Waals surface area contributed by atoms with E-state index in [2.05, 4.69) is 19.6 Å². The Morgan fingerprint density at radius 1 is 1.22 bits per heavy atom. The van der Waals surface area contributed by atoms with Crippen molar-refractivity contribution in [3.63, 3.8) is 0 Å². The molecule has 0 unspecified atom stereocenters. The van der Waals surface area contributed by atoms with Gasteiger partial charge in [0.2, 0.25) is 0 Å². The van der Waals surface area contributed by atoms with E-state index in [1.807, 2.05) is 35.9 Å². The SMILES string of the molecule is COc1ccc(-c2nnc(Sc3nc(C4CC4)ns3)n2C)cc1. The van der Waals surface area contributed by atoms with Crippen molar-refractivity contribution in [1.29, 1.82) is 0 Å². The van der Waals surface area contributed by atoms with Crippen molar-refractivity contribution < 1.29 is 4.74 Å². The zero-order valence-electron chi connectivity index (χ0n) is 12.8. The topological polar surface area (TPSA) is 65.7 Å². The summed E-state index contributed by atoms with van der Waals surface area (Å²) in [5, 5.41) is 9.40. The zero-order valence-corrected chi connectivity index (χ0v) is 14.4. The highest BCUT2D eigenvalue weighted by molar-refractivity contribution is 8.00.